The lowest BCUT2D eigenvalue weighted by molar-refractivity contribution is -0.440. The number of benzene rings is 1. The van der Waals surface area contributed by atoms with Crippen LogP contribution in [0.3, 0.4) is 0 Å². The Hall–Kier alpha value is -4.64. The van der Waals surface area contributed by atoms with Crippen LogP contribution in [0.1, 0.15) is 203 Å². The molecule has 0 radical (unpaired) electrons. The largest absolute Gasteiger partial charge is 0.490 e. The monoisotopic (exact) mass is 1590 g/mol. The van der Waals surface area contributed by atoms with E-state index in [0.29, 0.717) is 77.0 Å². The van der Waals surface area contributed by atoms with E-state index < -0.39 is 177 Å². The molecule has 5 nitrogen and oxygen atoms in total. The molecule has 0 bridgehead atoms. The molecule has 1 rings (SSSR count). The molecule has 0 heterocycles. The molecule has 0 saturated heterocycles. The van der Waals surface area contributed by atoms with Gasteiger partial charge in [-0.25, -0.2) is 4.79 Å². The molecule has 0 unspecified atom stereocenters. The van der Waals surface area contributed by atoms with Crippen molar-refractivity contribution in [2.45, 2.75) is 300 Å². The lowest BCUT2D eigenvalue weighted by Crippen LogP contribution is -2.70. The first-order valence-corrected chi connectivity index (χ1v) is 31.0. The van der Waals surface area contributed by atoms with Crippen molar-refractivity contribution in [3.05, 3.63) is 17.7 Å². The van der Waals surface area contributed by atoms with Gasteiger partial charge in [0.05, 0.1) is 25.4 Å². The molecule has 0 atom stereocenters. The average molecular weight is 1590 g/mol. The molecule has 0 aliphatic rings. The summed E-state index contributed by atoms with van der Waals surface area (Å²) < 4.78 is 540. The van der Waals surface area contributed by atoms with E-state index in [2.05, 4.69) is 0 Å². The lowest BCUT2D eigenvalue weighted by atomic mass is 9.91. The smallest absolute Gasteiger partial charge is 0.460 e. The van der Waals surface area contributed by atoms with E-state index in [-0.39, 0.29) is 94.9 Å². The number of ether oxygens (including phenoxy) is 3. The van der Waals surface area contributed by atoms with Crippen molar-refractivity contribution in [3.8, 4) is 17.2 Å². The third-order valence-corrected chi connectivity index (χ3v) is 15.9. The lowest BCUT2D eigenvalue weighted by Gasteiger charge is -2.39. The van der Waals surface area contributed by atoms with Crippen LogP contribution in [-0.2, 0) is 0 Å². The first kappa shape index (κ1) is 95.4. The fourth-order valence-corrected chi connectivity index (χ4v) is 9.53. The van der Waals surface area contributed by atoms with Crippen LogP contribution in [0.5, 0.6) is 17.2 Å². The molecule has 1 aromatic carbocycles. The molecule has 0 aliphatic heterocycles. The third kappa shape index (κ3) is 21.6. The Balaban J connectivity index is 2.94. The fourth-order valence-electron chi connectivity index (χ4n) is 9.53. The van der Waals surface area contributed by atoms with E-state index in [4.69, 9.17) is 14.2 Å². The number of carboxylic acids is 1. The van der Waals surface area contributed by atoms with Crippen LogP contribution in [0.25, 0.3) is 0 Å². The number of halogens is 39. The second-order valence-electron chi connectivity index (χ2n) is 23.9. The third-order valence-electron chi connectivity index (χ3n) is 15.9. The zero-order valence-corrected chi connectivity index (χ0v) is 52.8. The minimum Gasteiger partial charge on any atom is -0.490 e. The number of carbonyl (C=O) groups is 1. The number of unbranched alkanes of at least 4 members (excludes halogenated alkanes) is 24. The van der Waals surface area contributed by atoms with E-state index in [1.807, 2.05) is 0 Å². The Morgan fingerprint density at radius 1 is 0.235 bits per heavy atom. The molecular formula is C58H69F39O5. The summed E-state index contributed by atoms with van der Waals surface area (Å²) in [7, 11) is 0. The van der Waals surface area contributed by atoms with E-state index >= 15 is 0 Å². The van der Waals surface area contributed by atoms with Crippen molar-refractivity contribution >= 4 is 5.97 Å². The summed E-state index contributed by atoms with van der Waals surface area (Å²) in [6, 6.07) is 2.09. The number of hydrogen-bond donors (Lipinski definition) is 1. The first-order chi connectivity index (χ1) is 45.8. The average Bonchev–Trinajstić information content (AvgIpc) is 0.726. The van der Waals surface area contributed by atoms with Crippen LogP contribution in [0.2, 0.25) is 0 Å². The maximum Gasteiger partial charge on any atom is 0.460 e. The molecule has 0 spiro atoms. The van der Waals surface area contributed by atoms with Gasteiger partial charge >= 0.3 is 113 Å². The van der Waals surface area contributed by atoms with Gasteiger partial charge in [-0.2, -0.15) is 171 Å². The number of alkyl halides is 39. The summed E-state index contributed by atoms with van der Waals surface area (Å²) in [6.45, 7) is -0.466. The van der Waals surface area contributed by atoms with Crippen LogP contribution in [-0.4, -0.2) is 138 Å². The van der Waals surface area contributed by atoms with Gasteiger partial charge in [0.15, 0.2) is 11.5 Å². The van der Waals surface area contributed by atoms with Crippen LogP contribution in [0, 0.1) is 0 Å². The van der Waals surface area contributed by atoms with Crippen molar-refractivity contribution in [2.24, 2.45) is 0 Å². The normalized spacial score (nSPS) is 14.8. The van der Waals surface area contributed by atoms with Crippen molar-refractivity contribution in [1.82, 2.24) is 0 Å². The molecule has 604 valence electrons. The summed E-state index contributed by atoms with van der Waals surface area (Å²) in [6.07, 6.45) is -29.1. The first-order valence-electron chi connectivity index (χ1n) is 31.0. The maximum absolute atomic E-state index is 14.1. The molecule has 0 aromatic heterocycles. The van der Waals surface area contributed by atoms with Gasteiger partial charge in [-0.15, -0.1) is 0 Å². The van der Waals surface area contributed by atoms with Gasteiger partial charge in [-0.1, -0.05) is 135 Å². The van der Waals surface area contributed by atoms with Crippen molar-refractivity contribution in [1.29, 1.82) is 0 Å². The number of carboxylic acid groups (broad SMARTS) is 1. The Morgan fingerprint density at radius 2 is 0.402 bits per heavy atom. The predicted molar refractivity (Wildman–Crippen MR) is 281 cm³/mol. The Labute approximate surface area is 555 Å². The maximum atomic E-state index is 14.1. The van der Waals surface area contributed by atoms with E-state index in [1.54, 1.807) is 0 Å². The number of hydrogen-bond acceptors (Lipinski definition) is 4. The second kappa shape index (κ2) is 35.8. The van der Waals surface area contributed by atoms with Gasteiger partial charge in [-0.05, 0) is 50.7 Å². The number of aromatic carboxylic acids is 1. The molecule has 0 fully saturated rings. The van der Waals surface area contributed by atoms with Gasteiger partial charge in [0.25, 0.3) is 0 Å². The zero-order chi connectivity index (χ0) is 79.8. The van der Waals surface area contributed by atoms with E-state index in [1.165, 1.54) is 0 Å². The molecule has 1 N–H and O–H groups in total. The van der Waals surface area contributed by atoms with Gasteiger partial charge in [0, 0.05) is 19.3 Å². The van der Waals surface area contributed by atoms with Crippen molar-refractivity contribution < 1.29 is 195 Å². The van der Waals surface area contributed by atoms with Gasteiger partial charge in [0.2, 0.25) is 5.75 Å². The standard InChI is InChI=1S/C58H69F39O5/c59-41(60,44(65,66)47(71,72)50(77,78)53(83,84)56(89,90)91)28-22-16-10-4-1-7-13-19-25-31-100-37-34-36(40(98)99)35-38(101-32-26-20-14-8-2-5-11-17-23-29-42(61,62)45(67,68)48(73,74)51(79,80)54(85,86)57(92,93)94)39(37)102-33-27-21-15-9-3-6-12-18-24-30-43(63,64)46(69,70)49(75,76)52(81,82)55(87,88)58(95,96)97/h34-35H,1-33H2,(H,98,99). The molecule has 0 saturated carbocycles. The quantitative estimate of drug-likeness (QED) is 0.0520. The predicted octanol–water partition coefficient (Wildman–Crippen LogP) is 25.4. The minimum atomic E-state index is -8.02. The van der Waals surface area contributed by atoms with Gasteiger partial charge < -0.3 is 19.3 Å². The summed E-state index contributed by atoms with van der Waals surface area (Å²) >= 11 is 0. The van der Waals surface area contributed by atoms with Gasteiger partial charge in [-0.3, -0.25) is 0 Å². The van der Waals surface area contributed by atoms with Crippen LogP contribution in [0.4, 0.5) is 171 Å². The van der Waals surface area contributed by atoms with E-state index in [0.717, 1.165) is 12.1 Å². The number of rotatable bonds is 52. The summed E-state index contributed by atoms with van der Waals surface area (Å²) in [5.41, 5.74) is -0.414. The molecule has 1 aromatic rings. The highest BCUT2D eigenvalue weighted by Crippen LogP contribution is 2.64. The fraction of sp³-hybridized carbons (Fsp3) is 0.879. The topological polar surface area (TPSA) is 65.0 Å². The Morgan fingerprint density at radius 3 is 0.588 bits per heavy atom. The summed E-state index contributed by atoms with van der Waals surface area (Å²) in [4.78, 5) is 12.2. The minimum absolute atomic E-state index is 0.0758. The van der Waals surface area contributed by atoms with Crippen LogP contribution >= 0.6 is 0 Å². The zero-order valence-electron chi connectivity index (χ0n) is 52.8. The summed E-state index contributed by atoms with van der Waals surface area (Å²) in [5, 5.41) is 9.87. The molecule has 44 heteroatoms. The molecular weight excluding hydrogens is 1520 g/mol. The SMILES string of the molecule is O=C(O)c1cc(OCCCCCCCCCCCC(F)(F)C(F)(F)C(F)(F)C(F)(F)C(F)(F)C(F)(F)F)c(OCCCCCCCCCCCC(F)(F)C(F)(F)C(F)(F)C(F)(F)C(F)(F)C(F)(F)F)c(OCCCCCCCCCCCC(F)(F)C(F)(F)C(F)(F)C(F)(F)C(F)(F)C(F)(F)F)c1. The van der Waals surface area contributed by atoms with Gasteiger partial charge in [0.1, 0.15) is 0 Å². The molecule has 102 heavy (non-hydrogen) atoms. The van der Waals surface area contributed by atoms with Crippen LogP contribution < -0.4 is 14.2 Å². The second-order valence-corrected chi connectivity index (χ2v) is 23.9. The van der Waals surface area contributed by atoms with Crippen LogP contribution in [0.15, 0.2) is 12.1 Å². The molecule has 0 aliphatic carbocycles. The van der Waals surface area contributed by atoms with Crippen molar-refractivity contribution in [2.75, 3.05) is 19.8 Å². The Kier molecular flexibility index (Phi) is 33.5. The Bertz CT molecular complexity index is 2550. The molecule has 0 amide bonds. The highest BCUT2D eigenvalue weighted by molar-refractivity contribution is 5.89. The van der Waals surface area contributed by atoms with E-state index in [9.17, 15) is 181 Å². The van der Waals surface area contributed by atoms with Crippen molar-refractivity contribution in [3.63, 3.8) is 0 Å². The summed E-state index contributed by atoms with van der Waals surface area (Å²) in [5.74, 6) is -114. The highest BCUT2D eigenvalue weighted by Gasteiger charge is 2.93. The highest BCUT2D eigenvalue weighted by atomic mass is 19.5.